The second-order valence-electron chi connectivity index (χ2n) is 8.80. The molecule has 2 aliphatic rings. The summed E-state index contributed by atoms with van der Waals surface area (Å²) >= 11 is 0. The summed E-state index contributed by atoms with van der Waals surface area (Å²) in [6, 6.07) is 8.04. The number of fused-ring (bicyclic) bond motifs is 1. The zero-order chi connectivity index (χ0) is 21.4. The van der Waals surface area contributed by atoms with Crippen molar-refractivity contribution in [2.45, 2.75) is 52.2 Å². The molecule has 0 N–H and O–H groups in total. The summed E-state index contributed by atoms with van der Waals surface area (Å²) < 4.78 is 13.7. The second kappa shape index (κ2) is 8.30. The van der Waals surface area contributed by atoms with Gasteiger partial charge in [-0.3, -0.25) is 18.8 Å². The number of ether oxygens (including phenoxy) is 2. The van der Waals surface area contributed by atoms with Gasteiger partial charge < -0.3 is 9.47 Å². The molecule has 7 heteroatoms. The Kier molecular flexibility index (Phi) is 5.73. The predicted molar refractivity (Wildman–Crippen MR) is 115 cm³/mol. The van der Waals surface area contributed by atoms with Crippen LogP contribution in [0.4, 0.5) is 0 Å². The standard InChI is InChI=1S/C23H31N3O4/c1-15-6-5-7-19(16(15)2)26(12-17-8-9-20-21(10-17)30-14-29-20)13-18-11-22(27)25(4)23(28)24(18)3/h8-11,15-16,19H,5-7,12-14H2,1-4H3. The van der Waals surface area contributed by atoms with Crippen LogP contribution in [0.25, 0.3) is 0 Å². The molecule has 1 aromatic heterocycles. The lowest BCUT2D eigenvalue weighted by atomic mass is 9.77. The van der Waals surface area contributed by atoms with Gasteiger partial charge in [-0.15, -0.1) is 0 Å². The Morgan fingerprint density at radius 2 is 1.77 bits per heavy atom. The van der Waals surface area contributed by atoms with Crippen LogP contribution in [0.1, 0.15) is 44.4 Å². The molecule has 3 atom stereocenters. The van der Waals surface area contributed by atoms with Gasteiger partial charge in [0.1, 0.15) is 0 Å². The first kappa shape index (κ1) is 20.7. The van der Waals surface area contributed by atoms with Crippen molar-refractivity contribution in [3.8, 4) is 11.5 Å². The van der Waals surface area contributed by atoms with E-state index in [0.717, 1.165) is 40.3 Å². The fraction of sp³-hybridized carbons (Fsp3) is 0.565. The molecule has 0 radical (unpaired) electrons. The lowest BCUT2D eigenvalue weighted by molar-refractivity contribution is 0.0665. The molecule has 30 heavy (non-hydrogen) atoms. The molecule has 3 unspecified atom stereocenters. The van der Waals surface area contributed by atoms with Gasteiger partial charge in [-0.05, 0) is 36.0 Å². The lowest BCUT2D eigenvalue weighted by Crippen LogP contribution is -2.45. The summed E-state index contributed by atoms with van der Waals surface area (Å²) in [4.78, 5) is 27.1. The van der Waals surface area contributed by atoms with E-state index in [1.54, 1.807) is 17.7 Å². The number of rotatable bonds is 5. The molecule has 0 bridgehead atoms. The summed E-state index contributed by atoms with van der Waals surface area (Å²) in [6.07, 6.45) is 3.57. The summed E-state index contributed by atoms with van der Waals surface area (Å²) in [5.74, 6) is 2.74. The molecular formula is C23H31N3O4. The Morgan fingerprint density at radius 1 is 1.00 bits per heavy atom. The Bertz CT molecular complexity index is 1040. The molecule has 162 valence electrons. The largest absolute Gasteiger partial charge is 0.454 e. The molecular weight excluding hydrogens is 382 g/mol. The van der Waals surface area contributed by atoms with E-state index in [1.807, 2.05) is 12.1 Å². The van der Waals surface area contributed by atoms with Crippen molar-refractivity contribution in [3.63, 3.8) is 0 Å². The van der Waals surface area contributed by atoms with Crippen molar-refractivity contribution in [2.24, 2.45) is 25.9 Å². The Balaban J connectivity index is 1.67. The van der Waals surface area contributed by atoms with Crippen molar-refractivity contribution in [1.82, 2.24) is 14.0 Å². The van der Waals surface area contributed by atoms with Gasteiger partial charge in [-0.2, -0.15) is 0 Å². The van der Waals surface area contributed by atoms with Crippen molar-refractivity contribution >= 4 is 0 Å². The van der Waals surface area contributed by atoms with Crippen LogP contribution in [0.3, 0.4) is 0 Å². The van der Waals surface area contributed by atoms with E-state index in [2.05, 4.69) is 24.8 Å². The summed E-state index contributed by atoms with van der Waals surface area (Å²) in [6.45, 7) is 6.18. The number of aromatic nitrogens is 2. The van der Waals surface area contributed by atoms with Crippen LogP contribution in [-0.2, 0) is 27.2 Å². The van der Waals surface area contributed by atoms with Crippen molar-refractivity contribution in [3.05, 3.63) is 56.4 Å². The van der Waals surface area contributed by atoms with E-state index < -0.39 is 0 Å². The maximum absolute atomic E-state index is 12.4. The molecule has 7 nitrogen and oxygen atoms in total. The minimum atomic E-state index is -0.286. The van der Waals surface area contributed by atoms with Crippen LogP contribution < -0.4 is 20.7 Å². The zero-order valence-corrected chi connectivity index (χ0v) is 18.3. The molecule has 1 aromatic carbocycles. The Morgan fingerprint density at radius 3 is 2.57 bits per heavy atom. The summed E-state index contributed by atoms with van der Waals surface area (Å²) in [7, 11) is 3.26. The maximum atomic E-state index is 12.4. The fourth-order valence-corrected chi connectivity index (χ4v) is 4.77. The van der Waals surface area contributed by atoms with E-state index >= 15 is 0 Å². The maximum Gasteiger partial charge on any atom is 0.330 e. The van der Waals surface area contributed by atoms with Gasteiger partial charge in [0.15, 0.2) is 11.5 Å². The lowest BCUT2D eigenvalue weighted by Gasteiger charge is -2.42. The van der Waals surface area contributed by atoms with Gasteiger partial charge >= 0.3 is 5.69 Å². The van der Waals surface area contributed by atoms with Gasteiger partial charge in [0.05, 0.1) is 0 Å². The Hall–Kier alpha value is -2.54. The summed E-state index contributed by atoms with van der Waals surface area (Å²) in [5.41, 5.74) is 1.33. The van der Waals surface area contributed by atoms with Gasteiger partial charge in [-0.25, -0.2) is 4.79 Å². The third kappa shape index (κ3) is 3.90. The van der Waals surface area contributed by atoms with Crippen LogP contribution in [0.2, 0.25) is 0 Å². The van der Waals surface area contributed by atoms with Gasteiger partial charge in [0.25, 0.3) is 5.56 Å². The number of hydrogen-bond acceptors (Lipinski definition) is 5. The molecule has 0 amide bonds. The summed E-state index contributed by atoms with van der Waals surface area (Å²) in [5, 5.41) is 0. The monoisotopic (exact) mass is 413 g/mol. The first-order valence-corrected chi connectivity index (χ1v) is 10.7. The molecule has 1 aliphatic heterocycles. The fourth-order valence-electron chi connectivity index (χ4n) is 4.77. The number of nitrogens with zero attached hydrogens (tertiary/aromatic N) is 3. The third-order valence-electron chi connectivity index (χ3n) is 6.95. The van der Waals surface area contributed by atoms with Crippen molar-refractivity contribution in [2.75, 3.05) is 6.79 Å². The molecule has 2 aromatic rings. The molecule has 0 spiro atoms. The quantitative estimate of drug-likeness (QED) is 0.754. The first-order chi connectivity index (χ1) is 14.3. The topological polar surface area (TPSA) is 65.7 Å². The predicted octanol–water partition coefficient (Wildman–Crippen LogP) is 2.64. The van der Waals surface area contributed by atoms with Crippen LogP contribution in [0, 0.1) is 11.8 Å². The molecule has 1 saturated carbocycles. The van der Waals surface area contributed by atoms with E-state index in [-0.39, 0.29) is 18.0 Å². The third-order valence-corrected chi connectivity index (χ3v) is 6.95. The zero-order valence-electron chi connectivity index (χ0n) is 18.3. The highest BCUT2D eigenvalue weighted by Gasteiger charge is 2.32. The van der Waals surface area contributed by atoms with Crippen LogP contribution in [-0.4, -0.2) is 26.9 Å². The minimum absolute atomic E-state index is 0.259. The SMILES string of the molecule is CC1CCCC(N(Cc2ccc3c(c2)OCO3)Cc2cc(=O)n(C)c(=O)n2C)C1C. The van der Waals surface area contributed by atoms with Crippen LogP contribution in [0.15, 0.2) is 33.9 Å². The minimum Gasteiger partial charge on any atom is -0.454 e. The first-order valence-electron chi connectivity index (χ1n) is 10.7. The average molecular weight is 414 g/mol. The molecule has 2 heterocycles. The van der Waals surface area contributed by atoms with Crippen molar-refractivity contribution < 1.29 is 9.47 Å². The van der Waals surface area contributed by atoms with Crippen LogP contribution in [0.5, 0.6) is 11.5 Å². The highest BCUT2D eigenvalue weighted by molar-refractivity contribution is 5.44. The number of hydrogen-bond donors (Lipinski definition) is 0. The van der Waals surface area contributed by atoms with Crippen LogP contribution >= 0.6 is 0 Å². The highest BCUT2D eigenvalue weighted by Crippen LogP contribution is 2.36. The van der Waals surface area contributed by atoms with Gasteiger partial charge in [0.2, 0.25) is 6.79 Å². The van der Waals surface area contributed by atoms with Gasteiger partial charge in [-0.1, -0.05) is 32.8 Å². The normalized spacial score (nSPS) is 23.2. The van der Waals surface area contributed by atoms with Crippen molar-refractivity contribution in [1.29, 1.82) is 0 Å². The van der Waals surface area contributed by atoms with E-state index in [0.29, 0.717) is 24.4 Å². The average Bonchev–Trinajstić information content (AvgIpc) is 3.20. The molecule has 1 fully saturated rings. The van der Waals surface area contributed by atoms with Gasteiger partial charge in [0, 0.05) is 45.0 Å². The van der Waals surface area contributed by atoms with E-state index in [4.69, 9.17) is 9.47 Å². The highest BCUT2D eigenvalue weighted by atomic mass is 16.7. The van der Waals surface area contributed by atoms with E-state index in [9.17, 15) is 9.59 Å². The molecule has 4 rings (SSSR count). The molecule has 0 saturated heterocycles. The number of benzene rings is 1. The van der Waals surface area contributed by atoms with E-state index in [1.165, 1.54) is 19.9 Å². The molecule has 1 aliphatic carbocycles. The second-order valence-corrected chi connectivity index (χ2v) is 8.80. The Labute approximate surface area is 176 Å². The smallest absolute Gasteiger partial charge is 0.330 e.